The normalized spacial score (nSPS) is 10.4. The van der Waals surface area contributed by atoms with Gasteiger partial charge in [0.15, 0.2) is 0 Å². The van der Waals surface area contributed by atoms with E-state index in [2.05, 4.69) is 20.3 Å². The standard InChI is InChI=1S/C17H17N5O2/c1-2-24-17-14(4-3-7-19-17)16(23)21-11-13-5-6-15(20-10-13)22-9-8-18-12-22/h3-10,12H,2,11H2,1H3,(H,21,23). The molecule has 3 heterocycles. The summed E-state index contributed by atoms with van der Waals surface area (Å²) in [5.41, 5.74) is 1.32. The van der Waals surface area contributed by atoms with Crippen LogP contribution in [0.5, 0.6) is 5.88 Å². The first-order chi connectivity index (χ1) is 11.8. The van der Waals surface area contributed by atoms with E-state index in [-0.39, 0.29) is 5.91 Å². The number of rotatable bonds is 6. The SMILES string of the molecule is CCOc1ncccc1C(=O)NCc1ccc(-n2ccnc2)nc1. The van der Waals surface area contributed by atoms with E-state index in [1.165, 1.54) is 0 Å². The molecule has 0 aliphatic carbocycles. The van der Waals surface area contributed by atoms with E-state index < -0.39 is 0 Å². The van der Waals surface area contributed by atoms with Gasteiger partial charge in [-0.05, 0) is 30.7 Å². The fourth-order valence-electron chi connectivity index (χ4n) is 2.16. The van der Waals surface area contributed by atoms with Gasteiger partial charge in [-0.3, -0.25) is 9.36 Å². The summed E-state index contributed by atoms with van der Waals surface area (Å²) in [7, 11) is 0. The van der Waals surface area contributed by atoms with E-state index in [4.69, 9.17) is 4.74 Å². The molecular formula is C17H17N5O2. The van der Waals surface area contributed by atoms with Crippen molar-refractivity contribution in [2.45, 2.75) is 13.5 Å². The second-order valence-electron chi connectivity index (χ2n) is 4.97. The van der Waals surface area contributed by atoms with Crippen LogP contribution < -0.4 is 10.1 Å². The maximum atomic E-state index is 12.3. The molecule has 1 N–H and O–H groups in total. The van der Waals surface area contributed by atoms with Crippen LogP contribution in [0.1, 0.15) is 22.8 Å². The van der Waals surface area contributed by atoms with E-state index in [1.807, 2.05) is 29.8 Å². The average molecular weight is 323 g/mol. The molecule has 0 aliphatic heterocycles. The van der Waals surface area contributed by atoms with Crippen molar-refractivity contribution < 1.29 is 9.53 Å². The average Bonchev–Trinajstić information content (AvgIpc) is 3.15. The summed E-state index contributed by atoms with van der Waals surface area (Å²) in [5, 5.41) is 2.85. The zero-order chi connectivity index (χ0) is 16.8. The van der Waals surface area contributed by atoms with Crippen molar-refractivity contribution in [3.8, 4) is 11.7 Å². The first kappa shape index (κ1) is 15.7. The van der Waals surface area contributed by atoms with Gasteiger partial charge in [-0.25, -0.2) is 15.0 Å². The number of imidazole rings is 1. The van der Waals surface area contributed by atoms with Gasteiger partial charge in [-0.1, -0.05) is 6.07 Å². The molecule has 0 fully saturated rings. The highest BCUT2D eigenvalue weighted by Crippen LogP contribution is 2.14. The molecule has 0 aliphatic rings. The number of carbonyl (C=O) groups excluding carboxylic acids is 1. The maximum Gasteiger partial charge on any atom is 0.257 e. The van der Waals surface area contributed by atoms with Gasteiger partial charge in [-0.2, -0.15) is 0 Å². The predicted molar refractivity (Wildman–Crippen MR) is 87.9 cm³/mol. The fourth-order valence-corrected chi connectivity index (χ4v) is 2.16. The summed E-state index contributed by atoms with van der Waals surface area (Å²) in [6.45, 7) is 2.68. The van der Waals surface area contributed by atoms with Gasteiger partial charge >= 0.3 is 0 Å². The van der Waals surface area contributed by atoms with Crippen molar-refractivity contribution in [3.05, 3.63) is 66.5 Å². The second kappa shape index (κ2) is 7.36. The summed E-state index contributed by atoms with van der Waals surface area (Å²) in [6, 6.07) is 7.18. The van der Waals surface area contributed by atoms with Gasteiger partial charge in [0, 0.05) is 31.3 Å². The second-order valence-corrected chi connectivity index (χ2v) is 4.97. The van der Waals surface area contributed by atoms with Crippen molar-refractivity contribution in [3.63, 3.8) is 0 Å². The zero-order valence-electron chi connectivity index (χ0n) is 13.2. The minimum Gasteiger partial charge on any atom is -0.477 e. The molecule has 0 aromatic carbocycles. The van der Waals surface area contributed by atoms with Gasteiger partial charge in [0.05, 0.1) is 6.61 Å². The van der Waals surface area contributed by atoms with Gasteiger partial charge in [0.25, 0.3) is 5.91 Å². The summed E-state index contributed by atoms with van der Waals surface area (Å²) >= 11 is 0. The topological polar surface area (TPSA) is 81.9 Å². The molecule has 0 bridgehead atoms. The number of carbonyl (C=O) groups is 1. The summed E-state index contributed by atoms with van der Waals surface area (Å²) in [6.07, 6.45) is 8.52. The maximum absolute atomic E-state index is 12.3. The lowest BCUT2D eigenvalue weighted by atomic mass is 10.2. The number of nitrogens with zero attached hydrogens (tertiary/aromatic N) is 4. The van der Waals surface area contributed by atoms with Crippen LogP contribution in [-0.2, 0) is 6.54 Å². The Hall–Kier alpha value is -3.22. The van der Waals surface area contributed by atoms with E-state index >= 15 is 0 Å². The summed E-state index contributed by atoms with van der Waals surface area (Å²) < 4.78 is 7.19. The molecule has 3 rings (SSSR count). The molecule has 24 heavy (non-hydrogen) atoms. The monoisotopic (exact) mass is 323 g/mol. The van der Waals surface area contributed by atoms with Crippen molar-refractivity contribution in [2.24, 2.45) is 0 Å². The number of aromatic nitrogens is 4. The lowest BCUT2D eigenvalue weighted by molar-refractivity contribution is 0.0946. The van der Waals surface area contributed by atoms with Crippen LogP contribution in [0.3, 0.4) is 0 Å². The van der Waals surface area contributed by atoms with E-state index in [1.54, 1.807) is 37.1 Å². The molecule has 122 valence electrons. The lowest BCUT2D eigenvalue weighted by Crippen LogP contribution is -2.24. The molecule has 0 radical (unpaired) electrons. The van der Waals surface area contributed by atoms with Crippen molar-refractivity contribution in [1.82, 2.24) is 24.8 Å². The molecule has 3 aromatic heterocycles. The Bertz CT molecular complexity index is 800. The van der Waals surface area contributed by atoms with Crippen LogP contribution in [-0.4, -0.2) is 32.0 Å². The number of pyridine rings is 2. The number of nitrogens with one attached hydrogen (secondary N) is 1. The molecule has 0 atom stereocenters. The Balaban J connectivity index is 1.64. The highest BCUT2D eigenvalue weighted by molar-refractivity contribution is 5.96. The zero-order valence-corrected chi connectivity index (χ0v) is 13.2. The van der Waals surface area contributed by atoms with Crippen LogP contribution >= 0.6 is 0 Å². The molecular weight excluding hydrogens is 306 g/mol. The van der Waals surface area contributed by atoms with Crippen molar-refractivity contribution in [2.75, 3.05) is 6.61 Å². The van der Waals surface area contributed by atoms with Crippen LogP contribution in [0.15, 0.2) is 55.4 Å². The van der Waals surface area contributed by atoms with Crippen LogP contribution in [0.4, 0.5) is 0 Å². The Morgan fingerprint density at radius 1 is 1.25 bits per heavy atom. The first-order valence-corrected chi connectivity index (χ1v) is 7.57. The highest BCUT2D eigenvalue weighted by Gasteiger charge is 2.12. The molecule has 0 saturated heterocycles. The van der Waals surface area contributed by atoms with Crippen LogP contribution in [0, 0.1) is 0 Å². The highest BCUT2D eigenvalue weighted by atomic mass is 16.5. The molecule has 7 heteroatoms. The number of hydrogen-bond acceptors (Lipinski definition) is 5. The summed E-state index contributed by atoms with van der Waals surface area (Å²) in [4.78, 5) is 24.7. The van der Waals surface area contributed by atoms with Crippen molar-refractivity contribution in [1.29, 1.82) is 0 Å². The Morgan fingerprint density at radius 3 is 2.88 bits per heavy atom. The Morgan fingerprint density at radius 2 is 2.17 bits per heavy atom. The predicted octanol–water partition coefficient (Wildman–Crippen LogP) is 1.99. The third-order valence-corrected chi connectivity index (χ3v) is 3.33. The fraction of sp³-hybridized carbons (Fsp3) is 0.176. The quantitative estimate of drug-likeness (QED) is 0.750. The molecule has 0 saturated carbocycles. The molecule has 0 unspecified atom stereocenters. The molecule has 1 amide bonds. The molecule has 3 aromatic rings. The number of amides is 1. The van der Waals surface area contributed by atoms with E-state index in [0.29, 0.717) is 24.6 Å². The van der Waals surface area contributed by atoms with E-state index in [9.17, 15) is 4.79 Å². The van der Waals surface area contributed by atoms with Crippen LogP contribution in [0.2, 0.25) is 0 Å². The lowest BCUT2D eigenvalue weighted by Gasteiger charge is -2.09. The van der Waals surface area contributed by atoms with Gasteiger partial charge in [-0.15, -0.1) is 0 Å². The summed E-state index contributed by atoms with van der Waals surface area (Å²) in [5.74, 6) is 0.879. The smallest absolute Gasteiger partial charge is 0.257 e. The van der Waals surface area contributed by atoms with Crippen LogP contribution in [0.25, 0.3) is 5.82 Å². The molecule has 0 spiro atoms. The Labute approximate surface area is 139 Å². The molecule has 7 nitrogen and oxygen atoms in total. The van der Waals surface area contributed by atoms with Crippen molar-refractivity contribution >= 4 is 5.91 Å². The Kier molecular flexibility index (Phi) is 4.81. The van der Waals surface area contributed by atoms with Gasteiger partial charge < -0.3 is 10.1 Å². The minimum atomic E-state index is -0.231. The largest absolute Gasteiger partial charge is 0.477 e. The van der Waals surface area contributed by atoms with Gasteiger partial charge in [0.1, 0.15) is 17.7 Å². The third kappa shape index (κ3) is 3.57. The minimum absolute atomic E-state index is 0.231. The first-order valence-electron chi connectivity index (χ1n) is 7.57. The number of hydrogen-bond donors (Lipinski definition) is 1. The number of ether oxygens (including phenoxy) is 1. The third-order valence-electron chi connectivity index (χ3n) is 3.33. The van der Waals surface area contributed by atoms with Gasteiger partial charge in [0.2, 0.25) is 5.88 Å². The van der Waals surface area contributed by atoms with E-state index in [0.717, 1.165) is 11.4 Å².